The molecule has 6 nitrogen and oxygen atoms in total. The Morgan fingerprint density at radius 2 is 1.87 bits per heavy atom. The third kappa shape index (κ3) is 3.77. The number of unbranched alkanes of at least 4 members (excludes halogenated alkanes) is 1. The number of benzene rings is 3. The lowest BCUT2D eigenvalue weighted by molar-refractivity contribution is 0.222. The summed E-state index contributed by atoms with van der Waals surface area (Å²) in [5.74, 6) is 1.50. The van der Waals surface area contributed by atoms with E-state index >= 15 is 0 Å². The molecule has 1 aliphatic heterocycles. The average molecular weight is 431 g/mol. The summed E-state index contributed by atoms with van der Waals surface area (Å²) < 4.78 is 6.36. The van der Waals surface area contributed by atoms with Gasteiger partial charge in [0, 0.05) is 17.0 Å². The molecule has 1 unspecified atom stereocenters. The number of rotatable bonds is 5. The maximum Gasteiger partial charge on any atom is 0.247 e. The van der Waals surface area contributed by atoms with Gasteiger partial charge in [0.15, 0.2) is 5.69 Å². The zero-order valence-electron chi connectivity index (χ0n) is 17.1. The minimum absolute atomic E-state index is 0.164. The van der Waals surface area contributed by atoms with Gasteiger partial charge >= 0.3 is 0 Å². The summed E-state index contributed by atoms with van der Waals surface area (Å²) in [6.07, 6.45) is 1.56. The van der Waals surface area contributed by atoms with E-state index in [0.717, 1.165) is 40.6 Å². The Morgan fingerprint density at radius 3 is 2.77 bits per heavy atom. The summed E-state index contributed by atoms with van der Waals surface area (Å²) in [7, 11) is 0. The van der Waals surface area contributed by atoms with E-state index in [1.165, 1.54) is 0 Å². The number of phenols is 1. The van der Waals surface area contributed by atoms with E-state index in [0.29, 0.717) is 22.3 Å². The third-order valence-corrected chi connectivity index (χ3v) is 6.20. The smallest absolute Gasteiger partial charge is 0.247 e. The van der Waals surface area contributed by atoms with Crippen LogP contribution in [0.2, 0.25) is 0 Å². The molecule has 0 radical (unpaired) electrons. The first-order valence-corrected chi connectivity index (χ1v) is 11.3. The average Bonchev–Trinajstić information content (AvgIpc) is 2.95. The number of nitrogens with zero attached hydrogens (tertiary/aromatic N) is 3. The quantitative estimate of drug-likeness (QED) is 0.306. The number of hydrogen-bond donors (Lipinski definition) is 2. The number of thioether (sulfide) groups is 1. The minimum Gasteiger partial charge on any atom is -0.507 e. The second-order valence-electron chi connectivity index (χ2n) is 7.36. The molecular weight excluding hydrogens is 408 g/mol. The molecule has 5 rings (SSSR count). The molecule has 2 N–H and O–H groups in total. The van der Waals surface area contributed by atoms with Gasteiger partial charge in [-0.25, -0.2) is 0 Å². The van der Waals surface area contributed by atoms with Crippen LogP contribution in [0.1, 0.15) is 31.6 Å². The molecule has 1 aromatic heterocycles. The van der Waals surface area contributed by atoms with Crippen LogP contribution >= 0.6 is 11.8 Å². The van der Waals surface area contributed by atoms with Gasteiger partial charge in [-0.2, -0.15) is 4.98 Å². The van der Waals surface area contributed by atoms with Gasteiger partial charge in [-0.05, 0) is 29.3 Å². The second-order valence-corrected chi connectivity index (χ2v) is 8.42. The lowest BCUT2D eigenvalue weighted by Crippen LogP contribution is -2.17. The Kier molecular flexibility index (Phi) is 5.34. The van der Waals surface area contributed by atoms with E-state index in [1.54, 1.807) is 17.8 Å². The number of aromatic nitrogens is 3. The van der Waals surface area contributed by atoms with E-state index in [4.69, 9.17) is 4.74 Å². The van der Waals surface area contributed by atoms with Crippen molar-refractivity contribution in [2.24, 2.45) is 0 Å². The van der Waals surface area contributed by atoms with Gasteiger partial charge in [-0.1, -0.05) is 73.6 Å². The van der Waals surface area contributed by atoms with Gasteiger partial charge in [0.1, 0.15) is 5.75 Å². The fourth-order valence-electron chi connectivity index (χ4n) is 3.71. The standard InChI is InChI=1S/C24H22N4O2S/c1-2-3-14-31-24-26-23-21(27-28-24)17-10-6-7-11-18(17)25-22(30-23)20-16-9-5-4-8-15(16)12-13-19(20)29/h4-13,22,25,29H,2-3,14H2,1H3. The number of para-hydroxylation sites is 1. The van der Waals surface area contributed by atoms with Crippen molar-refractivity contribution in [2.75, 3.05) is 11.1 Å². The van der Waals surface area contributed by atoms with Crippen molar-refractivity contribution >= 4 is 28.2 Å². The van der Waals surface area contributed by atoms with Crippen LogP contribution in [-0.2, 0) is 0 Å². The predicted octanol–water partition coefficient (Wildman–Crippen LogP) is 5.79. The van der Waals surface area contributed by atoms with Crippen LogP contribution in [0.3, 0.4) is 0 Å². The molecule has 0 aliphatic carbocycles. The highest BCUT2D eigenvalue weighted by Crippen LogP contribution is 2.42. The zero-order valence-corrected chi connectivity index (χ0v) is 17.9. The first kappa shape index (κ1) is 19.6. The van der Waals surface area contributed by atoms with E-state index in [1.807, 2.05) is 54.6 Å². The molecule has 0 saturated carbocycles. The number of hydrogen-bond acceptors (Lipinski definition) is 7. The first-order chi connectivity index (χ1) is 15.2. The largest absolute Gasteiger partial charge is 0.507 e. The van der Waals surface area contributed by atoms with Crippen LogP contribution in [0.4, 0.5) is 5.69 Å². The van der Waals surface area contributed by atoms with Crippen LogP contribution in [-0.4, -0.2) is 26.0 Å². The van der Waals surface area contributed by atoms with Crippen molar-refractivity contribution < 1.29 is 9.84 Å². The summed E-state index contributed by atoms with van der Waals surface area (Å²) >= 11 is 1.57. The zero-order chi connectivity index (χ0) is 21.2. The van der Waals surface area contributed by atoms with Crippen molar-refractivity contribution in [1.29, 1.82) is 0 Å². The van der Waals surface area contributed by atoms with Crippen molar-refractivity contribution in [3.05, 3.63) is 66.2 Å². The first-order valence-electron chi connectivity index (χ1n) is 10.4. The summed E-state index contributed by atoms with van der Waals surface area (Å²) in [6, 6.07) is 19.4. The Balaban J connectivity index is 1.63. The number of aromatic hydroxyl groups is 1. The molecule has 1 aliphatic rings. The molecule has 0 bridgehead atoms. The van der Waals surface area contributed by atoms with E-state index < -0.39 is 6.23 Å². The SMILES string of the molecule is CCCCSc1nnc2c(n1)OC(c1c(O)ccc3ccccc13)Nc1ccccc1-2. The fourth-order valence-corrected chi connectivity index (χ4v) is 4.57. The molecular formula is C24H22N4O2S. The molecule has 1 atom stereocenters. The molecule has 31 heavy (non-hydrogen) atoms. The Labute approximate surface area is 184 Å². The molecule has 0 amide bonds. The number of fused-ring (bicyclic) bond motifs is 4. The van der Waals surface area contributed by atoms with Crippen LogP contribution in [0.15, 0.2) is 65.8 Å². The Morgan fingerprint density at radius 1 is 1.03 bits per heavy atom. The molecule has 0 spiro atoms. The van der Waals surface area contributed by atoms with Gasteiger partial charge in [-0.3, -0.25) is 0 Å². The molecule has 156 valence electrons. The molecule has 4 aromatic rings. The molecule has 0 saturated heterocycles. The summed E-state index contributed by atoms with van der Waals surface area (Å²) in [5, 5.41) is 25.5. The fraction of sp³-hybridized carbons (Fsp3) is 0.208. The minimum atomic E-state index is -0.640. The van der Waals surface area contributed by atoms with E-state index in [2.05, 4.69) is 27.4 Å². The number of nitrogens with one attached hydrogen (secondary N) is 1. The van der Waals surface area contributed by atoms with E-state index in [9.17, 15) is 5.11 Å². The normalized spacial score (nSPS) is 14.8. The van der Waals surface area contributed by atoms with Crippen LogP contribution < -0.4 is 10.1 Å². The lowest BCUT2D eigenvalue weighted by Gasteiger charge is -2.22. The molecule has 3 aromatic carbocycles. The highest BCUT2D eigenvalue weighted by atomic mass is 32.2. The van der Waals surface area contributed by atoms with Crippen LogP contribution in [0, 0.1) is 0 Å². The van der Waals surface area contributed by atoms with Crippen molar-refractivity contribution in [3.8, 4) is 22.9 Å². The maximum absolute atomic E-state index is 10.8. The topological polar surface area (TPSA) is 80.2 Å². The summed E-state index contributed by atoms with van der Waals surface area (Å²) in [4.78, 5) is 4.67. The summed E-state index contributed by atoms with van der Waals surface area (Å²) in [5.41, 5.74) is 2.97. The molecule has 0 fully saturated rings. The highest BCUT2D eigenvalue weighted by Gasteiger charge is 2.28. The van der Waals surface area contributed by atoms with Gasteiger partial charge in [0.25, 0.3) is 0 Å². The monoisotopic (exact) mass is 430 g/mol. The summed E-state index contributed by atoms with van der Waals surface area (Å²) in [6.45, 7) is 2.16. The Hall–Kier alpha value is -3.32. The van der Waals surface area contributed by atoms with Crippen LogP contribution in [0.25, 0.3) is 22.0 Å². The van der Waals surface area contributed by atoms with Gasteiger partial charge < -0.3 is 15.2 Å². The van der Waals surface area contributed by atoms with Crippen molar-refractivity contribution in [1.82, 2.24) is 15.2 Å². The van der Waals surface area contributed by atoms with Crippen LogP contribution in [0.5, 0.6) is 11.6 Å². The third-order valence-electron chi connectivity index (χ3n) is 5.27. The van der Waals surface area contributed by atoms with E-state index in [-0.39, 0.29) is 5.75 Å². The second kappa shape index (κ2) is 8.43. The van der Waals surface area contributed by atoms with Gasteiger partial charge in [-0.15, -0.1) is 10.2 Å². The predicted molar refractivity (Wildman–Crippen MR) is 123 cm³/mol. The lowest BCUT2D eigenvalue weighted by atomic mass is 10.0. The van der Waals surface area contributed by atoms with Gasteiger partial charge in [0.2, 0.25) is 17.3 Å². The maximum atomic E-state index is 10.8. The number of anilines is 1. The molecule has 7 heteroatoms. The number of phenolic OH excluding ortho intramolecular Hbond substituents is 1. The van der Waals surface area contributed by atoms with Crippen molar-refractivity contribution in [2.45, 2.75) is 31.1 Å². The highest BCUT2D eigenvalue weighted by molar-refractivity contribution is 7.99. The number of ether oxygens (including phenoxy) is 1. The Bertz CT molecular complexity index is 1250. The van der Waals surface area contributed by atoms with Gasteiger partial charge in [0.05, 0.1) is 5.56 Å². The molecule has 2 heterocycles. The van der Waals surface area contributed by atoms with Crippen molar-refractivity contribution in [3.63, 3.8) is 0 Å².